The van der Waals surface area contributed by atoms with E-state index in [1.165, 1.54) is 24.0 Å². The smallest absolute Gasteiger partial charge is 0.321 e. The standard InChI is InChI=1S/C23H28N2O2/c26-23(25(16-19-11-12-19)17-22-10-5-13-27-22)24-21-9-4-8-20(15-21)14-18-6-2-1-3-7-18/h1-4,6-9,15,19,22H,5,10-14,16-17H2,(H,24,26). The number of nitrogens with one attached hydrogen (secondary N) is 1. The average Bonchev–Trinajstić information content (AvgIpc) is 3.35. The summed E-state index contributed by atoms with van der Waals surface area (Å²) in [7, 11) is 0. The van der Waals surface area contributed by atoms with E-state index >= 15 is 0 Å². The summed E-state index contributed by atoms with van der Waals surface area (Å²) in [5.41, 5.74) is 3.34. The first-order valence-electron chi connectivity index (χ1n) is 10.1. The second-order valence-electron chi connectivity index (χ2n) is 7.78. The van der Waals surface area contributed by atoms with Gasteiger partial charge in [-0.1, -0.05) is 42.5 Å². The molecule has 2 aliphatic rings. The van der Waals surface area contributed by atoms with Crippen molar-refractivity contribution in [2.75, 3.05) is 25.0 Å². The van der Waals surface area contributed by atoms with Gasteiger partial charge in [-0.05, 0) is 61.3 Å². The molecular formula is C23H28N2O2. The third kappa shape index (κ3) is 5.33. The lowest BCUT2D eigenvalue weighted by atomic mass is 10.0. The van der Waals surface area contributed by atoms with Gasteiger partial charge in [0, 0.05) is 25.4 Å². The van der Waals surface area contributed by atoms with Gasteiger partial charge in [0.1, 0.15) is 0 Å². The van der Waals surface area contributed by atoms with Crippen molar-refractivity contribution in [2.45, 2.75) is 38.2 Å². The van der Waals surface area contributed by atoms with Crippen LogP contribution in [0.1, 0.15) is 36.8 Å². The Morgan fingerprint density at radius 3 is 2.56 bits per heavy atom. The molecule has 0 bridgehead atoms. The fraction of sp³-hybridized carbons (Fsp3) is 0.435. The second-order valence-corrected chi connectivity index (χ2v) is 7.78. The maximum absolute atomic E-state index is 12.9. The minimum atomic E-state index is -0.00531. The molecule has 0 spiro atoms. The minimum absolute atomic E-state index is 0.00531. The molecule has 1 heterocycles. The van der Waals surface area contributed by atoms with E-state index in [9.17, 15) is 4.79 Å². The van der Waals surface area contributed by atoms with Gasteiger partial charge in [-0.25, -0.2) is 4.79 Å². The Hall–Kier alpha value is -2.33. The molecule has 1 saturated heterocycles. The number of hydrogen-bond donors (Lipinski definition) is 1. The summed E-state index contributed by atoms with van der Waals surface area (Å²) in [6, 6.07) is 18.6. The quantitative estimate of drug-likeness (QED) is 0.774. The minimum Gasteiger partial charge on any atom is -0.376 e. The molecule has 2 amide bonds. The number of carbonyl (C=O) groups is 1. The highest BCUT2D eigenvalue weighted by molar-refractivity contribution is 5.89. The highest BCUT2D eigenvalue weighted by Crippen LogP contribution is 2.30. The molecule has 27 heavy (non-hydrogen) atoms. The lowest BCUT2D eigenvalue weighted by Gasteiger charge is -2.26. The number of anilines is 1. The maximum Gasteiger partial charge on any atom is 0.321 e. The monoisotopic (exact) mass is 364 g/mol. The zero-order valence-corrected chi connectivity index (χ0v) is 15.8. The Morgan fingerprint density at radius 1 is 1.00 bits per heavy atom. The highest BCUT2D eigenvalue weighted by atomic mass is 16.5. The van der Waals surface area contributed by atoms with Crippen LogP contribution in [-0.2, 0) is 11.2 Å². The molecular weight excluding hydrogens is 336 g/mol. The predicted molar refractivity (Wildman–Crippen MR) is 108 cm³/mol. The largest absolute Gasteiger partial charge is 0.376 e. The Kier molecular flexibility index (Phi) is 5.73. The molecule has 0 radical (unpaired) electrons. The lowest BCUT2D eigenvalue weighted by molar-refractivity contribution is 0.0825. The van der Waals surface area contributed by atoms with Crippen molar-refractivity contribution in [2.24, 2.45) is 5.92 Å². The number of benzene rings is 2. The van der Waals surface area contributed by atoms with Gasteiger partial charge in [-0.2, -0.15) is 0 Å². The van der Waals surface area contributed by atoms with Crippen molar-refractivity contribution >= 4 is 11.7 Å². The van der Waals surface area contributed by atoms with Crippen molar-refractivity contribution in [1.29, 1.82) is 0 Å². The number of amides is 2. The van der Waals surface area contributed by atoms with Gasteiger partial charge in [-0.3, -0.25) is 0 Å². The normalized spacial score (nSPS) is 19.0. The molecule has 142 valence electrons. The third-order valence-corrected chi connectivity index (χ3v) is 5.34. The van der Waals surface area contributed by atoms with Crippen LogP contribution >= 0.6 is 0 Å². The summed E-state index contributed by atoms with van der Waals surface area (Å²) in [5, 5.41) is 3.11. The molecule has 0 aromatic heterocycles. The number of urea groups is 1. The summed E-state index contributed by atoms with van der Waals surface area (Å²) >= 11 is 0. The number of hydrogen-bond acceptors (Lipinski definition) is 2. The van der Waals surface area contributed by atoms with Gasteiger partial charge in [0.05, 0.1) is 6.10 Å². The fourth-order valence-corrected chi connectivity index (χ4v) is 3.68. The van der Waals surface area contributed by atoms with E-state index in [0.717, 1.165) is 38.1 Å². The fourth-order valence-electron chi connectivity index (χ4n) is 3.68. The molecule has 1 aliphatic heterocycles. The summed E-state index contributed by atoms with van der Waals surface area (Å²) in [6.07, 6.45) is 5.70. The van der Waals surface area contributed by atoms with E-state index in [2.05, 4.69) is 41.7 Å². The molecule has 2 fully saturated rings. The van der Waals surface area contributed by atoms with Gasteiger partial charge in [0.15, 0.2) is 0 Å². The Morgan fingerprint density at radius 2 is 1.81 bits per heavy atom. The van der Waals surface area contributed by atoms with Crippen molar-refractivity contribution in [3.8, 4) is 0 Å². The Balaban J connectivity index is 1.39. The van der Waals surface area contributed by atoms with Crippen LogP contribution in [0.3, 0.4) is 0 Å². The molecule has 1 atom stereocenters. The number of nitrogens with zero attached hydrogens (tertiary/aromatic N) is 1. The molecule has 2 aromatic rings. The molecule has 1 N–H and O–H groups in total. The SMILES string of the molecule is O=C(Nc1cccc(Cc2ccccc2)c1)N(CC1CC1)CC1CCCO1. The Bertz CT molecular complexity index is 752. The first-order valence-corrected chi connectivity index (χ1v) is 10.1. The van der Waals surface area contributed by atoms with Crippen molar-refractivity contribution in [1.82, 2.24) is 4.90 Å². The summed E-state index contributed by atoms with van der Waals surface area (Å²) in [4.78, 5) is 14.8. The van der Waals surface area contributed by atoms with Crippen LogP contribution in [0.5, 0.6) is 0 Å². The van der Waals surface area contributed by atoms with Crippen LogP contribution in [-0.4, -0.2) is 36.7 Å². The van der Waals surface area contributed by atoms with Crippen LogP contribution in [0.25, 0.3) is 0 Å². The summed E-state index contributed by atoms with van der Waals surface area (Å²) in [5.74, 6) is 0.668. The number of rotatable bonds is 7. The zero-order chi connectivity index (χ0) is 18.5. The van der Waals surface area contributed by atoms with E-state index in [0.29, 0.717) is 12.5 Å². The topological polar surface area (TPSA) is 41.6 Å². The maximum atomic E-state index is 12.9. The van der Waals surface area contributed by atoms with Gasteiger partial charge < -0.3 is 15.0 Å². The third-order valence-electron chi connectivity index (χ3n) is 5.34. The van der Waals surface area contributed by atoms with Gasteiger partial charge in [0.2, 0.25) is 0 Å². The second kappa shape index (κ2) is 8.57. The molecule has 1 saturated carbocycles. The van der Waals surface area contributed by atoms with E-state index in [1.54, 1.807) is 0 Å². The zero-order valence-electron chi connectivity index (χ0n) is 15.8. The van der Waals surface area contributed by atoms with E-state index in [-0.39, 0.29) is 12.1 Å². The lowest BCUT2D eigenvalue weighted by Crippen LogP contribution is -2.41. The van der Waals surface area contributed by atoms with Gasteiger partial charge in [-0.15, -0.1) is 0 Å². The van der Waals surface area contributed by atoms with Crippen LogP contribution in [0.15, 0.2) is 54.6 Å². The van der Waals surface area contributed by atoms with Crippen LogP contribution in [0, 0.1) is 5.92 Å². The highest BCUT2D eigenvalue weighted by Gasteiger charge is 2.29. The first-order chi connectivity index (χ1) is 13.3. The first kappa shape index (κ1) is 18.1. The van der Waals surface area contributed by atoms with Gasteiger partial charge in [0.25, 0.3) is 0 Å². The Labute approximate surface area is 161 Å². The van der Waals surface area contributed by atoms with Crippen LogP contribution in [0.2, 0.25) is 0 Å². The molecule has 1 aliphatic carbocycles. The molecule has 4 nitrogen and oxygen atoms in total. The van der Waals surface area contributed by atoms with Crippen molar-refractivity contribution in [3.05, 3.63) is 65.7 Å². The van der Waals surface area contributed by atoms with E-state index in [4.69, 9.17) is 4.74 Å². The average molecular weight is 364 g/mol. The number of carbonyl (C=O) groups excluding carboxylic acids is 1. The van der Waals surface area contributed by atoms with Gasteiger partial charge >= 0.3 is 6.03 Å². The summed E-state index contributed by atoms with van der Waals surface area (Å²) in [6.45, 7) is 2.37. The predicted octanol–water partition coefficient (Wildman–Crippen LogP) is 4.70. The van der Waals surface area contributed by atoms with Crippen molar-refractivity contribution < 1.29 is 9.53 Å². The van der Waals surface area contributed by atoms with Crippen molar-refractivity contribution in [3.63, 3.8) is 0 Å². The van der Waals surface area contributed by atoms with Crippen LogP contribution in [0.4, 0.5) is 10.5 Å². The molecule has 4 rings (SSSR count). The summed E-state index contributed by atoms with van der Waals surface area (Å²) < 4.78 is 5.75. The van der Waals surface area contributed by atoms with Crippen LogP contribution < -0.4 is 5.32 Å². The number of ether oxygens (including phenoxy) is 1. The molecule has 4 heteroatoms. The molecule has 2 aromatic carbocycles. The molecule has 1 unspecified atom stereocenters. The van der Waals surface area contributed by atoms with E-state index < -0.39 is 0 Å². The van der Waals surface area contributed by atoms with E-state index in [1.807, 2.05) is 23.1 Å².